The SMILES string of the molecule is C/C=C/NC(=O)Nc1ccc(N2CCN(C)CC2)cc1. The van der Waals surface area contributed by atoms with E-state index in [0.29, 0.717) is 0 Å². The van der Waals surface area contributed by atoms with Gasteiger partial charge >= 0.3 is 6.03 Å². The highest BCUT2D eigenvalue weighted by molar-refractivity contribution is 5.90. The molecule has 0 radical (unpaired) electrons. The van der Waals surface area contributed by atoms with Gasteiger partial charge in [0.1, 0.15) is 0 Å². The van der Waals surface area contributed by atoms with Crippen molar-refractivity contribution < 1.29 is 4.79 Å². The van der Waals surface area contributed by atoms with Crippen molar-refractivity contribution in [3.63, 3.8) is 0 Å². The van der Waals surface area contributed by atoms with Crippen LogP contribution in [-0.4, -0.2) is 44.2 Å². The second-order valence-corrected chi connectivity index (χ2v) is 4.94. The number of urea groups is 1. The van der Waals surface area contributed by atoms with E-state index in [-0.39, 0.29) is 6.03 Å². The zero-order valence-electron chi connectivity index (χ0n) is 12.1. The predicted octanol–water partition coefficient (Wildman–Crippen LogP) is 2.09. The largest absolute Gasteiger partial charge is 0.369 e. The number of piperazine rings is 1. The number of hydrogen-bond donors (Lipinski definition) is 2. The minimum atomic E-state index is -0.226. The molecule has 2 rings (SSSR count). The third kappa shape index (κ3) is 3.99. The second kappa shape index (κ2) is 6.96. The van der Waals surface area contributed by atoms with Crippen LogP contribution in [0.15, 0.2) is 36.5 Å². The van der Waals surface area contributed by atoms with E-state index in [1.807, 2.05) is 19.1 Å². The molecule has 1 saturated heterocycles. The Balaban J connectivity index is 1.91. The van der Waals surface area contributed by atoms with Gasteiger partial charge in [0.2, 0.25) is 0 Å². The van der Waals surface area contributed by atoms with E-state index in [1.165, 1.54) is 5.69 Å². The summed E-state index contributed by atoms with van der Waals surface area (Å²) in [5, 5.41) is 5.40. The van der Waals surface area contributed by atoms with Gasteiger partial charge in [0.05, 0.1) is 0 Å². The Morgan fingerprint density at radius 3 is 2.40 bits per heavy atom. The van der Waals surface area contributed by atoms with Crippen LogP contribution in [0.1, 0.15) is 6.92 Å². The summed E-state index contributed by atoms with van der Waals surface area (Å²) in [6.45, 7) is 6.12. The molecule has 1 aromatic carbocycles. The lowest BCUT2D eigenvalue weighted by Crippen LogP contribution is -2.44. The van der Waals surface area contributed by atoms with Gasteiger partial charge in [-0.2, -0.15) is 0 Å². The van der Waals surface area contributed by atoms with Crippen LogP contribution in [0.25, 0.3) is 0 Å². The number of anilines is 2. The van der Waals surface area contributed by atoms with Gasteiger partial charge in [-0.25, -0.2) is 4.79 Å². The summed E-state index contributed by atoms with van der Waals surface area (Å²) < 4.78 is 0. The molecule has 108 valence electrons. The Bertz CT molecular complexity index is 461. The van der Waals surface area contributed by atoms with Crippen LogP contribution in [0.4, 0.5) is 16.2 Å². The summed E-state index contributed by atoms with van der Waals surface area (Å²) in [5.74, 6) is 0. The molecule has 2 N–H and O–H groups in total. The number of nitrogens with zero attached hydrogens (tertiary/aromatic N) is 2. The Hall–Kier alpha value is -2.01. The molecule has 0 unspecified atom stereocenters. The lowest BCUT2D eigenvalue weighted by atomic mass is 10.2. The summed E-state index contributed by atoms with van der Waals surface area (Å²) in [5.41, 5.74) is 2.00. The van der Waals surface area contributed by atoms with Crippen LogP contribution in [0.5, 0.6) is 0 Å². The van der Waals surface area contributed by atoms with Crippen LogP contribution in [0.2, 0.25) is 0 Å². The van der Waals surface area contributed by atoms with Crippen molar-refractivity contribution in [2.45, 2.75) is 6.92 Å². The average molecular weight is 274 g/mol. The monoisotopic (exact) mass is 274 g/mol. The van der Waals surface area contributed by atoms with Crippen LogP contribution in [0.3, 0.4) is 0 Å². The zero-order chi connectivity index (χ0) is 14.4. The number of benzene rings is 1. The van der Waals surface area contributed by atoms with E-state index in [0.717, 1.165) is 31.9 Å². The highest BCUT2D eigenvalue weighted by Gasteiger charge is 2.13. The fourth-order valence-electron chi connectivity index (χ4n) is 2.15. The molecule has 1 fully saturated rings. The number of amides is 2. The van der Waals surface area contributed by atoms with Crippen molar-refractivity contribution in [3.05, 3.63) is 36.5 Å². The predicted molar refractivity (Wildman–Crippen MR) is 83.1 cm³/mol. The molecule has 5 heteroatoms. The van der Waals surface area contributed by atoms with Crippen molar-refractivity contribution in [3.8, 4) is 0 Å². The van der Waals surface area contributed by atoms with Crippen LogP contribution >= 0.6 is 0 Å². The maximum absolute atomic E-state index is 11.5. The number of carbonyl (C=O) groups is 1. The molecule has 2 amide bonds. The molecular weight excluding hydrogens is 252 g/mol. The third-order valence-electron chi connectivity index (χ3n) is 3.37. The first kappa shape index (κ1) is 14.4. The van der Waals surface area contributed by atoms with Gasteiger partial charge in [-0.3, -0.25) is 0 Å². The van der Waals surface area contributed by atoms with Crippen molar-refractivity contribution in [2.75, 3.05) is 43.4 Å². The van der Waals surface area contributed by atoms with E-state index in [4.69, 9.17) is 0 Å². The Morgan fingerprint density at radius 2 is 1.80 bits per heavy atom. The number of rotatable bonds is 3. The van der Waals surface area contributed by atoms with Gasteiger partial charge in [0.15, 0.2) is 0 Å². The molecule has 1 aromatic rings. The minimum Gasteiger partial charge on any atom is -0.369 e. The summed E-state index contributed by atoms with van der Waals surface area (Å²) >= 11 is 0. The molecule has 20 heavy (non-hydrogen) atoms. The van der Waals surface area contributed by atoms with Gasteiger partial charge in [-0.1, -0.05) is 6.08 Å². The molecule has 1 aliphatic rings. The number of likely N-dealkylation sites (N-methyl/N-ethyl adjacent to an activating group) is 1. The number of allylic oxidation sites excluding steroid dienone is 1. The molecule has 0 aromatic heterocycles. The number of hydrogen-bond acceptors (Lipinski definition) is 3. The topological polar surface area (TPSA) is 47.6 Å². The van der Waals surface area contributed by atoms with Crippen LogP contribution in [0, 0.1) is 0 Å². The molecule has 1 aliphatic heterocycles. The van der Waals surface area contributed by atoms with Gasteiger partial charge in [0.25, 0.3) is 0 Å². The van der Waals surface area contributed by atoms with E-state index < -0.39 is 0 Å². The Morgan fingerprint density at radius 1 is 1.15 bits per heavy atom. The summed E-state index contributed by atoms with van der Waals surface area (Å²) in [7, 11) is 2.15. The number of carbonyl (C=O) groups excluding carboxylic acids is 1. The fraction of sp³-hybridized carbons (Fsp3) is 0.400. The third-order valence-corrected chi connectivity index (χ3v) is 3.37. The molecule has 5 nitrogen and oxygen atoms in total. The van der Waals surface area contributed by atoms with E-state index >= 15 is 0 Å². The fourth-order valence-corrected chi connectivity index (χ4v) is 2.15. The van der Waals surface area contributed by atoms with Crippen LogP contribution < -0.4 is 15.5 Å². The highest BCUT2D eigenvalue weighted by Crippen LogP contribution is 2.19. The van der Waals surface area contributed by atoms with Gasteiger partial charge in [0, 0.05) is 43.8 Å². The number of nitrogens with one attached hydrogen (secondary N) is 2. The summed E-state index contributed by atoms with van der Waals surface area (Å²) in [6, 6.07) is 7.74. The maximum atomic E-state index is 11.5. The molecule has 0 atom stereocenters. The molecule has 0 saturated carbocycles. The Labute approximate surface area is 120 Å². The summed E-state index contributed by atoms with van der Waals surface area (Å²) in [4.78, 5) is 16.2. The zero-order valence-corrected chi connectivity index (χ0v) is 12.1. The van der Waals surface area contributed by atoms with Crippen molar-refractivity contribution in [1.82, 2.24) is 10.2 Å². The lowest BCUT2D eigenvalue weighted by molar-refractivity contribution is 0.255. The standard InChI is InChI=1S/C15H22N4O/c1-3-8-16-15(20)17-13-4-6-14(7-5-13)19-11-9-18(2)10-12-19/h3-8H,9-12H2,1-2H3,(H2,16,17,20)/b8-3+. The van der Waals surface area contributed by atoms with E-state index in [1.54, 1.807) is 12.3 Å². The first-order valence-electron chi connectivity index (χ1n) is 6.91. The highest BCUT2D eigenvalue weighted by atomic mass is 16.2. The van der Waals surface area contributed by atoms with Gasteiger partial charge < -0.3 is 20.4 Å². The molecular formula is C15H22N4O. The minimum absolute atomic E-state index is 0.226. The molecule has 0 bridgehead atoms. The second-order valence-electron chi connectivity index (χ2n) is 4.94. The molecule has 0 spiro atoms. The van der Waals surface area contributed by atoms with Crippen LogP contribution in [-0.2, 0) is 0 Å². The maximum Gasteiger partial charge on any atom is 0.323 e. The van der Waals surface area contributed by atoms with E-state index in [9.17, 15) is 4.79 Å². The summed E-state index contributed by atoms with van der Waals surface area (Å²) in [6.07, 6.45) is 3.38. The Kier molecular flexibility index (Phi) is 5.01. The van der Waals surface area contributed by atoms with Gasteiger partial charge in [-0.05, 0) is 38.2 Å². The smallest absolute Gasteiger partial charge is 0.323 e. The first-order chi connectivity index (χ1) is 9.69. The molecule has 0 aliphatic carbocycles. The van der Waals surface area contributed by atoms with Gasteiger partial charge in [-0.15, -0.1) is 0 Å². The van der Waals surface area contributed by atoms with Crippen molar-refractivity contribution in [1.29, 1.82) is 0 Å². The van der Waals surface area contributed by atoms with Crippen molar-refractivity contribution >= 4 is 17.4 Å². The lowest BCUT2D eigenvalue weighted by Gasteiger charge is -2.34. The van der Waals surface area contributed by atoms with E-state index in [2.05, 4.69) is 39.6 Å². The normalized spacial score (nSPS) is 16.4. The van der Waals surface area contributed by atoms with Crippen molar-refractivity contribution in [2.24, 2.45) is 0 Å². The first-order valence-corrected chi connectivity index (χ1v) is 6.91. The average Bonchev–Trinajstić information content (AvgIpc) is 2.47. The molecule has 1 heterocycles. The quantitative estimate of drug-likeness (QED) is 0.887.